The van der Waals surface area contributed by atoms with Crippen LogP contribution in [0.1, 0.15) is 90.3 Å². The van der Waals surface area contributed by atoms with Gasteiger partial charge >= 0.3 is 0 Å². The van der Waals surface area contributed by atoms with Gasteiger partial charge < -0.3 is 4.74 Å². The van der Waals surface area contributed by atoms with Crippen LogP contribution in [-0.4, -0.2) is 26.8 Å². The van der Waals surface area contributed by atoms with Crippen LogP contribution < -0.4 is 4.74 Å². The molecule has 0 amide bonds. The zero-order valence-corrected chi connectivity index (χ0v) is 22.5. The van der Waals surface area contributed by atoms with Crippen LogP contribution in [0.25, 0.3) is 22.3 Å². The summed E-state index contributed by atoms with van der Waals surface area (Å²) in [4.78, 5) is 26.9. The number of halogens is 1. The molecule has 3 aliphatic carbocycles. The van der Waals surface area contributed by atoms with Crippen LogP contribution in [0.2, 0.25) is 0 Å². The van der Waals surface area contributed by atoms with Crippen LogP contribution in [0.3, 0.4) is 0 Å². The van der Waals surface area contributed by atoms with E-state index in [1.54, 1.807) is 12.3 Å². The van der Waals surface area contributed by atoms with Gasteiger partial charge in [-0.05, 0) is 63.0 Å². The van der Waals surface area contributed by atoms with Gasteiger partial charge in [0.1, 0.15) is 23.2 Å². The predicted octanol–water partition coefficient (Wildman–Crippen LogP) is 7.39. The number of hydrogen-bond donors (Lipinski definition) is 0. The number of Topliss-reactive ketones (excluding diaryl/α,β-unsaturated/α-hetero) is 1. The molecular weight excluding hydrogens is 465 g/mol. The summed E-state index contributed by atoms with van der Waals surface area (Å²) >= 11 is 0. The summed E-state index contributed by atoms with van der Waals surface area (Å²) < 4.78 is 21.0. The largest absolute Gasteiger partial charge is 0.474 e. The van der Waals surface area contributed by atoms with Gasteiger partial charge in [0.05, 0.1) is 5.69 Å². The molecule has 37 heavy (non-hydrogen) atoms. The minimum absolute atomic E-state index is 0.0281. The van der Waals surface area contributed by atoms with Crippen molar-refractivity contribution in [2.45, 2.75) is 97.0 Å². The van der Waals surface area contributed by atoms with E-state index in [-0.39, 0.29) is 29.2 Å². The second-order valence-electron chi connectivity index (χ2n) is 11.2. The summed E-state index contributed by atoms with van der Waals surface area (Å²) in [5, 5.41) is 0.693. The number of rotatable bonds is 3. The number of pyridine rings is 1. The molecule has 2 aromatic heterocycles. The summed E-state index contributed by atoms with van der Waals surface area (Å²) in [6.45, 7) is 8.59. The normalized spacial score (nSPS) is 25.3. The average molecular weight is 504 g/mol. The SMILES string of the molecule is CCC.C[C@H]1C(=O)CC[C@@]2(C)c3nc(-c4ccnc5c(F)cccc45)nc(OC4CCCC4)c3CC[C@H]12. The zero-order chi connectivity index (χ0) is 26.2. The number of aromatic nitrogens is 3. The highest BCUT2D eigenvalue weighted by atomic mass is 19.1. The van der Waals surface area contributed by atoms with Gasteiger partial charge in [-0.15, -0.1) is 0 Å². The number of carbonyl (C=O) groups is 1. The van der Waals surface area contributed by atoms with Crippen molar-refractivity contribution >= 4 is 16.7 Å². The fraction of sp³-hybridized carbons (Fsp3) is 0.548. The number of nitrogens with zero attached hydrogens (tertiary/aromatic N) is 3. The number of para-hydroxylation sites is 1. The fourth-order valence-electron chi connectivity index (χ4n) is 6.61. The Bertz CT molecular complexity index is 1300. The van der Waals surface area contributed by atoms with E-state index in [0.29, 0.717) is 34.8 Å². The van der Waals surface area contributed by atoms with Crippen molar-refractivity contribution in [3.05, 3.63) is 47.5 Å². The monoisotopic (exact) mass is 503 g/mol. The molecule has 6 heteroatoms. The van der Waals surface area contributed by atoms with E-state index in [0.717, 1.165) is 48.9 Å². The lowest BCUT2D eigenvalue weighted by molar-refractivity contribution is -0.128. The summed E-state index contributed by atoms with van der Waals surface area (Å²) in [6.07, 6.45) is 10.6. The van der Waals surface area contributed by atoms with E-state index in [9.17, 15) is 9.18 Å². The lowest BCUT2D eigenvalue weighted by Gasteiger charge is -2.48. The Labute approximate surface area is 219 Å². The maximum absolute atomic E-state index is 14.5. The number of fused-ring (bicyclic) bond motifs is 4. The Kier molecular flexibility index (Phi) is 7.28. The quantitative estimate of drug-likeness (QED) is 0.373. The third kappa shape index (κ3) is 4.64. The van der Waals surface area contributed by atoms with E-state index in [4.69, 9.17) is 14.7 Å². The minimum atomic E-state index is -0.355. The molecule has 0 aliphatic heterocycles. The second-order valence-corrected chi connectivity index (χ2v) is 11.2. The Hall–Kier alpha value is -2.89. The van der Waals surface area contributed by atoms with Crippen LogP contribution in [0.5, 0.6) is 5.88 Å². The number of hydrogen-bond acceptors (Lipinski definition) is 5. The molecule has 3 aromatic rings. The molecule has 6 rings (SSSR count). The van der Waals surface area contributed by atoms with E-state index in [1.165, 1.54) is 25.3 Å². The summed E-state index contributed by atoms with van der Waals surface area (Å²) in [5.74, 6) is 1.52. The molecule has 0 bridgehead atoms. The Morgan fingerprint density at radius 1 is 1.08 bits per heavy atom. The third-order valence-corrected chi connectivity index (χ3v) is 8.58. The van der Waals surface area contributed by atoms with Crippen LogP contribution in [0.15, 0.2) is 30.5 Å². The molecule has 0 saturated heterocycles. The second kappa shape index (κ2) is 10.5. The molecule has 2 fully saturated rings. The average Bonchev–Trinajstić information content (AvgIpc) is 3.40. The van der Waals surface area contributed by atoms with Crippen molar-refractivity contribution in [3.63, 3.8) is 0 Å². The van der Waals surface area contributed by atoms with Crippen LogP contribution in [0, 0.1) is 17.7 Å². The van der Waals surface area contributed by atoms with Crippen molar-refractivity contribution in [3.8, 4) is 17.3 Å². The Morgan fingerprint density at radius 3 is 2.59 bits per heavy atom. The van der Waals surface area contributed by atoms with E-state index in [2.05, 4.69) is 32.7 Å². The Balaban J connectivity index is 0.000000892. The molecule has 3 atom stereocenters. The predicted molar refractivity (Wildman–Crippen MR) is 144 cm³/mol. The van der Waals surface area contributed by atoms with Gasteiger partial charge in [0.2, 0.25) is 5.88 Å². The lowest BCUT2D eigenvalue weighted by atomic mass is 9.56. The molecule has 196 valence electrons. The molecule has 0 N–H and O–H groups in total. The molecule has 0 unspecified atom stereocenters. The summed E-state index contributed by atoms with van der Waals surface area (Å²) in [5.41, 5.74) is 2.98. The lowest BCUT2D eigenvalue weighted by Crippen LogP contribution is -2.47. The van der Waals surface area contributed by atoms with Gasteiger partial charge in [0.15, 0.2) is 5.82 Å². The molecule has 2 heterocycles. The molecule has 0 radical (unpaired) electrons. The smallest absolute Gasteiger partial charge is 0.220 e. The van der Waals surface area contributed by atoms with E-state index < -0.39 is 0 Å². The molecule has 0 spiro atoms. The number of carbonyl (C=O) groups excluding carboxylic acids is 1. The van der Waals surface area contributed by atoms with Gasteiger partial charge in [-0.1, -0.05) is 46.2 Å². The molecular formula is C31H38FN3O2. The highest BCUT2D eigenvalue weighted by molar-refractivity contribution is 5.93. The standard InChI is InChI=1S/C28H30FN3O2.C3H8/c1-16-21-11-10-20-25(28(21,2)14-12-23(16)33)31-26(32-27(20)34-17-6-3-4-7-17)19-13-15-30-24-18(19)8-5-9-22(24)29;1-3-2/h5,8-9,13,15-17,21H,3-4,6-7,10-12,14H2,1-2H3;3H2,1-2H3/t16-,21-,28-;/m1./s1. The maximum atomic E-state index is 14.5. The number of ether oxygens (including phenoxy) is 1. The molecule has 2 saturated carbocycles. The van der Waals surface area contributed by atoms with Gasteiger partial charge in [-0.25, -0.2) is 9.37 Å². The third-order valence-electron chi connectivity index (χ3n) is 8.58. The number of ketones is 1. The van der Waals surface area contributed by atoms with Gasteiger partial charge in [0, 0.05) is 40.5 Å². The van der Waals surface area contributed by atoms with Gasteiger partial charge in [-0.3, -0.25) is 9.78 Å². The van der Waals surface area contributed by atoms with Crippen molar-refractivity contribution < 1.29 is 13.9 Å². The van der Waals surface area contributed by atoms with E-state index >= 15 is 0 Å². The Morgan fingerprint density at radius 2 is 1.84 bits per heavy atom. The molecule has 3 aliphatic rings. The van der Waals surface area contributed by atoms with Crippen molar-refractivity contribution in [2.75, 3.05) is 0 Å². The van der Waals surface area contributed by atoms with Crippen LogP contribution >= 0.6 is 0 Å². The number of benzene rings is 1. The van der Waals surface area contributed by atoms with Crippen LogP contribution in [0.4, 0.5) is 4.39 Å². The molecule has 5 nitrogen and oxygen atoms in total. The van der Waals surface area contributed by atoms with Gasteiger partial charge in [0.25, 0.3) is 0 Å². The van der Waals surface area contributed by atoms with Crippen molar-refractivity contribution in [2.24, 2.45) is 11.8 Å². The van der Waals surface area contributed by atoms with Crippen molar-refractivity contribution in [1.82, 2.24) is 15.0 Å². The summed E-state index contributed by atoms with van der Waals surface area (Å²) in [7, 11) is 0. The maximum Gasteiger partial charge on any atom is 0.220 e. The van der Waals surface area contributed by atoms with Gasteiger partial charge in [-0.2, -0.15) is 4.98 Å². The fourth-order valence-corrected chi connectivity index (χ4v) is 6.61. The van der Waals surface area contributed by atoms with Crippen LogP contribution in [-0.2, 0) is 16.6 Å². The van der Waals surface area contributed by atoms with Crippen molar-refractivity contribution in [1.29, 1.82) is 0 Å². The first-order chi connectivity index (χ1) is 17.9. The highest BCUT2D eigenvalue weighted by Crippen LogP contribution is 2.52. The topological polar surface area (TPSA) is 65.0 Å². The first-order valence-electron chi connectivity index (χ1n) is 14.0. The van der Waals surface area contributed by atoms with E-state index in [1.807, 2.05) is 12.1 Å². The highest BCUT2D eigenvalue weighted by Gasteiger charge is 2.50. The first-order valence-corrected chi connectivity index (χ1v) is 14.0. The minimum Gasteiger partial charge on any atom is -0.474 e. The zero-order valence-electron chi connectivity index (χ0n) is 22.5. The molecule has 1 aromatic carbocycles. The first kappa shape index (κ1) is 25.7. The summed E-state index contributed by atoms with van der Waals surface area (Å²) in [6, 6.07) is 6.85.